The molecule has 0 amide bonds. The molecule has 0 aliphatic heterocycles. The summed E-state index contributed by atoms with van der Waals surface area (Å²) >= 11 is 1.12. The molecule has 1 aromatic heterocycles. The molecule has 2 rings (SSSR count). The molecule has 17 heavy (non-hydrogen) atoms. The summed E-state index contributed by atoms with van der Waals surface area (Å²) in [4.78, 5) is 0. The van der Waals surface area contributed by atoms with Crippen LogP contribution in [0.2, 0.25) is 0 Å². The number of nitrogens with two attached hydrogens (primary N) is 1. The van der Waals surface area contributed by atoms with E-state index in [2.05, 4.69) is 0 Å². The van der Waals surface area contributed by atoms with Gasteiger partial charge in [0.05, 0.1) is 11.4 Å². The van der Waals surface area contributed by atoms with Crippen LogP contribution in [0.5, 0.6) is 0 Å². The maximum Gasteiger partial charge on any atom is 0.191 e. The van der Waals surface area contributed by atoms with E-state index in [0.29, 0.717) is 0 Å². The van der Waals surface area contributed by atoms with E-state index < -0.39 is 15.7 Å². The molecule has 90 valence electrons. The van der Waals surface area contributed by atoms with Crippen LogP contribution >= 0.6 is 11.3 Å². The summed E-state index contributed by atoms with van der Waals surface area (Å²) in [5.41, 5.74) is 5.45. The molecule has 0 unspecified atom stereocenters. The molecule has 0 atom stereocenters. The van der Waals surface area contributed by atoms with Crippen LogP contribution < -0.4 is 5.73 Å². The molecule has 6 heteroatoms. The Morgan fingerprint density at radius 2 is 2.00 bits per heavy atom. The highest BCUT2D eigenvalue weighted by molar-refractivity contribution is 7.92. The highest BCUT2D eigenvalue weighted by Gasteiger charge is 2.19. The average molecular weight is 271 g/mol. The van der Waals surface area contributed by atoms with E-state index in [0.717, 1.165) is 11.3 Å². The number of benzene rings is 1. The number of hydrogen-bond acceptors (Lipinski definition) is 4. The van der Waals surface area contributed by atoms with Crippen molar-refractivity contribution in [3.8, 4) is 0 Å². The highest BCUT2D eigenvalue weighted by Crippen LogP contribution is 2.23. The average Bonchev–Trinajstić information content (AvgIpc) is 2.78. The van der Waals surface area contributed by atoms with E-state index in [1.54, 1.807) is 11.4 Å². The van der Waals surface area contributed by atoms with Crippen molar-refractivity contribution >= 4 is 26.9 Å². The lowest BCUT2D eigenvalue weighted by Gasteiger charge is -2.05. The number of rotatable bonds is 3. The van der Waals surface area contributed by atoms with Crippen LogP contribution in [0.4, 0.5) is 10.1 Å². The Morgan fingerprint density at radius 3 is 2.65 bits per heavy atom. The molecular formula is C11H10FNO2S2. The summed E-state index contributed by atoms with van der Waals surface area (Å²) in [6.07, 6.45) is 0. The fraction of sp³-hybridized carbons (Fsp3) is 0.0909. The van der Waals surface area contributed by atoms with Crippen molar-refractivity contribution < 1.29 is 12.8 Å². The predicted octanol–water partition coefficient (Wildman–Crippen LogP) is 2.44. The van der Waals surface area contributed by atoms with Crippen LogP contribution in [0.15, 0.2) is 39.9 Å². The Hall–Kier alpha value is -1.40. The van der Waals surface area contributed by atoms with Crippen LogP contribution in [-0.2, 0) is 15.6 Å². The van der Waals surface area contributed by atoms with Crippen LogP contribution in [0.3, 0.4) is 0 Å². The normalized spacial score (nSPS) is 11.6. The molecule has 2 N–H and O–H groups in total. The third-order valence-electron chi connectivity index (χ3n) is 2.26. The fourth-order valence-electron chi connectivity index (χ4n) is 1.43. The SMILES string of the molecule is Nc1cccc(CS(=O)(=O)c2cccs2)c1F. The van der Waals surface area contributed by atoms with Gasteiger partial charge in [-0.05, 0) is 17.5 Å². The minimum atomic E-state index is -3.49. The van der Waals surface area contributed by atoms with E-state index in [1.807, 2.05) is 0 Å². The number of thiophene rings is 1. The molecular weight excluding hydrogens is 261 g/mol. The number of hydrogen-bond donors (Lipinski definition) is 1. The Balaban J connectivity index is 2.37. The van der Waals surface area contributed by atoms with Crippen molar-refractivity contribution in [3.05, 3.63) is 47.1 Å². The summed E-state index contributed by atoms with van der Waals surface area (Å²) in [5, 5.41) is 1.67. The van der Waals surface area contributed by atoms with Crippen molar-refractivity contribution in [3.63, 3.8) is 0 Å². The Labute approximate surface area is 103 Å². The Morgan fingerprint density at radius 1 is 1.24 bits per heavy atom. The first-order valence-corrected chi connectivity index (χ1v) is 7.33. The first-order valence-electron chi connectivity index (χ1n) is 4.80. The van der Waals surface area contributed by atoms with E-state index in [4.69, 9.17) is 5.73 Å². The Bertz CT molecular complexity index is 621. The first kappa shape index (κ1) is 12.1. The summed E-state index contributed by atoms with van der Waals surface area (Å²) in [7, 11) is -3.49. The molecule has 0 saturated heterocycles. The fourth-order valence-corrected chi connectivity index (χ4v) is 3.87. The van der Waals surface area contributed by atoms with Gasteiger partial charge in [0, 0.05) is 5.56 Å². The largest absolute Gasteiger partial charge is 0.396 e. The number of halogens is 1. The van der Waals surface area contributed by atoms with Gasteiger partial charge in [-0.3, -0.25) is 0 Å². The highest BCUT2D eigenvalue weighted by atomic mass is 32.2. The van der Waals surface area contributed by atoms with Crippen LogP contribution in [0.25, 0.3) is 0 Å². The monoisotopic (exact) mass is 271 g/mol. The summed E-state index contributed by atoms with van der Waals surface area (Å²) < 4.78 is 37.7. The van der Waals surface area contributed by atoms with Gasteiger partial charge in [-0.25, -0.2) is 12.8 Å². The van der Waals surface area contributed by atoms with E-state index in [9.17, 15) is 12.8 Å². The van der Waals surface area contributed by atoms with Gasteiger partial charge in [-0.2, -0.15) is 0 Å². The van der Waals surface area contributed by atoms with Gasteiger partial charge in [0.2, 0.25) is 0 Å². The summed E-state index contributed by atoms with van der Waals surface area (Å²) in [5.74, 6) is -1.03. The molecule has 0 fully saturated rings. The van der Waals surface area contributed by atoms with Gasteiger partial charge in [-0.1, -0.05) is 18.2 Å². The molecule has 1 heterocycles. The number of anilines is 1. The van der Waals surface area contributed by atoms with Gasteiger partial charge in [0.1, 0.15) is 10.0 Å². The van der Waals surface area contributed by atoms with Gasteiger partial charge >= 0.3 is 0 Å². The molecule has 0 aliphatic rings. The molecule has 1 aromatic carbocycles. The van der Waals surface area contributed by atoms with Crippen molar-refractivity contribution in [2.45, 2.75) is 9.96 Å². The number of nitrogen functional groups attached to an aromatic ring is 1. The molecule has 0 spiro atoms. The summed E-state index contributed by atoms with van der Waals surface area (Å²) in [6.45, 7) is 0. The maximum atomic E-state index is 13.6. The smallest absolute Gasteiger partial charge is 0.191 e. The minimum absolute atomic E-state index is 0.0381. The molecule has 2 aromatic rings. The second-order valence-electron chi connectivity index (χ2n) is 3.51. The van der Waals surface area contributed by atoms with E-state index >= 15 is 0 Å². The second kappa shape index (κ2) is 4.46. The lowest BCUT2D eigenvalue weighted by atomic mass is 10.2. The van der Waals surface area contributed by atoms with E-state index in [-0.39, 0.29) is 21.2 Å². The molecule has 0 radical (unpaired) electrons. The van der Waals surface area contributed by atoms with E-state index in [1.165, 1.54) is 24.3 Å². The van der Waals surface area contributed by atoms with Crippen molar-refractivity contribution in [1.82, 2.24) is 0 Å². The maximum absolute atomic E-state index is 13.6. The van der Waals surface area contributed by atoms with Gasteiger partial charge in [-0.15, -0.1) is 11.3 Å². The van der Waals surface area contributed by atoms with Crippen molar-refractivity contribution in [1.29, 1.82) is 0 Å². The number of sulfone groups is 1. The van der Waals surface area contributed by atoms with Crippen molar-refractivity contribution in [2.75, 3.05) is 5.73 Å². The zero-order valence-electron chi connectivity index (χ0n) is 8.76. The minimum Gasteiger partial charge on any atom is -0.396 e. The standard InChI is InChI=1S/C11H10FNO2S2/c12-11-8(3-1-4-9(11)13)7-17(14,15)10-5-2-6-16-10/h1-6H,7,13H2. The quantitative estimate of drug-likeness (QED) is 0.872. The zero-order chi connectivity index (χ0) is 12.5. The molecule has 0 saturated carbocycles. The first-order chi connectivity index (χ1) is 8.00. The summed E-state index contributed by atoms with van der Waals surface area (Å²) in [6, 6.07) is 7.52. The third-order valence-corrected chi connectivity index (χ3v) is 5.41. The second-order valence-corrected chi connectivity index (χ2v) is 6.68. The van der Waals surface area contributed by atoms with Crippen LogP contribution in [0, 0.1) is 5.82 Å². The van der Waals surface area contributed by atoms with Gasteiger partial charge in [0.15, 0.2) is 9.84 Å². The van der Waals surface area contributed by atoms with Crippen LogP contribution in [0.1, 0.15) is 5.56 Å². The third kappa shape index (κ3) is 2.48. The topological polar surface area (TPSA) is 60.2 Å². The lowest BCUT2D eigenvalue weighted by Crippen LogP contribution is -2.06. The van der Waals surface area contributed by atoms with Crippen LogP contribution in [-0.4, -0.2) is 8.42 Å². The predicted molar refractivity (Wildman–Crippen MR) is 66.0 cm³/mol. The molecule has 0 aliphatic carbocycles. The van der Waals surface area contributed by atoms with Gasteiger partial charge < -0.3 is 5.73 Å². The molecule has 3 nitrogen and oxygen atoms in total. The Kier molecular flexibility index (Phi) is 3.17. The van der Waals surface area contributed by atoms with Gasteiger partial charge in [0.25, 0.3) is 0 Å². The van der Waals surface area contributed by atoms with Crippen molar-refractivity contribution in [2.24, 2.45) is 0 Å². The molecule has 0 bridgehead atoms. The zero-order valence-corrected chi connectivity index (χ0v) is 10.4. The lowest BCUT2D eigenvalue weighted by molar-refractivity contribution is 0.590.